The van der Waals surface area contributed by atoms with Crippen LogP contribution in [-0.4, -0.2) is 31.6 Å². The van der Waals surface area contributed by atoms with Crippen LogP contribution in [0.2, 0.25) is 0 Å². The minimum Gasteiger partial charge on any atom is -0.446 e. The maximum atomic E-state index is 10.3. The molecule has 62 valence electrons. The summed E-state index contributed by atoms with van der Waals surface area (Å²) in [6, 6.07) is 0. The van der Waals surface area contributed by atoms with E-state index in [4.69, 9.17) is 0 Å². The van der Waals surface area contributed by atoms with Gasteiger partial charge in [0.05, 0.1) is 0 Å². The lowest BCUT2D eigenvalue weighted by Crippen LogP contribution is -2.23. The Bertz CT molecular complexity index is 180. The highest BCUT2D eigenvalue weighted by Gasteiger charge is 2.25. The highest BCUT2D eigenvalue weighted by atomic mass is 16.8. The largest absolute Gasteiger partial charge is 0.508 e. The molecule has 1 heterocycles. The summed E-state index contributed by atoms with van der Waals surface area (Å²) in [5, 5.41) is 0. The van der Waals surface area contributed by atoms with Gasteiger partial charge < -0.3 is 19.9 Å². The molecule has 1 aliphatic rings. The summed E-state index contributed by atoms with van der Waals surface area (Å²) in [5.74, 6) is 0. The minimum atomic E-state index is -0.895. The van der Waals surface area contributed by atoms with E-state index in [1.165, 1.54) is 0 Å². The van der Waals surface area contributed by atoms with Crippen molar-refractivity contribution >= 4 is 12.2 Å². The van der Waals surface area contributed by atoms with E-state index in [0.29, 0.717) is 0 Å². The molecule has 0 radical (unpaired) electrons. The standard InChI is InChI=1S/C5H7NO5/c6-4(7)9-1-3-2-10-5(8)11-3/h3H,1-2H2,(H2,6,7). The topological polar surface area (TPSA) is 87.9 Å². The van der Waals surface area contributed by atoms with E-state index in [9.17, 15) is 9.59 Å². The fourth-order valence-corrected chi connectivity index (χ4v) is 0.622. The Kier molecular flexibility index (Phi) is 2.15. The molecule has 0 aromatic rings. The van der Waals surface area contributed by atoms with E-state index in [-0.39, 0.29) is 13.2 Å². The first-order chi connectivity index (χ1) is 5.18. The van der Waals surface area contributed by atoms with Crippen molar-refractivity contribution in [2.45, 2.75) is 6.10 Å². The highest BCUT2D eigenvalue weighted by molar-refractivity contribution is 5.65. The van der Waals surface area contributed by atoms with E-state index in [1.807, 2.05) is 0 Å². The molecule has 0 saturated carbocycles. The average molecular weight is 161 g/mol. The van der Waals surface area contributed by atoms with Crippen molar-refractivity contribution in [2.24, 2.45) is 5.73 Å². The van der Waals surface area contributed by atoms with Gasteiger partial charge in [-0.25, -0.2) is 9.59 Å². The summed E-state index contributed by atoms with van der Waals surface area (Å²) in [5.41, 5.74) is 4.66. The van der Waals surface area contributed by atoms with Gasteiger partial charge in [-0.3, -0.25) is 0 Å². The van der Waals surface area contributed by atoms with E-state index in [2.05, 4.69) is 19.9 Å². The zero-order valence-corrected chi connectivity index (χ0v) is 5.61. The molecule has 0 aromatic carbocycles. The van der Waals surface area contributed by atoms with E-state index >= 15 is 0 Å². The average Bonchev–Trinajstić information content (AvgIpc) is 2.31. The van der Waals surface area contributed by atoms with Crippen LogP contribution in [0.4, 0.5) is 9.59 Å². The summed E-state index contributed by atoms with van der Waals surface area (Å²) < 4.78 is 13.3. The number of carbonyl (C=O) groups is 2. The summed E-state index contributed by atoms with van der Waals surface area (Å²) in [7, 11) is 0. The number of primary amides is 1. The van der Waals surface area contributed by atoms with Crippen molar-refractivity contribution in [3.63, 3.8) is 0 Å². The second-order valence-electron chi connectivity index (χ2n) is 1.93. The molecular weight excluding hydrogens is 154 g/mol. The van der Waals surface area contributed by atoms with Gasteiger partial charge in [-0.2, -0.15) is 0 Å². The third-order valence-corrected chi connectivity index (χ3v) is 1.06. The van der Waals surface area contributed by atoms with E-state index in [0.717, 1.165) is 0 Å². The molecular formula is C5H7NO5. The predicted octanol–water partition coefficient (Wildman–Crippen LogP) is -0.383. The van der Waals surface area contributed by atoms with Gasteiger partial charge in [0.25, 0.3) is 0 Å². The van der Waals surface area contributed by atoms with Gasteiger partial charge in [0.15, 0.2) is 6.10 Å². The smallest absolute Gasteiger partial charge is 0.446 e. The number of hydrogen-bond donors (Lipinski definition) is 1. The number of ether oxygens (including phenoxy) is 3. The molecule has 1 aliphatic heterocycles. The van der Waals surface area contributed by atoms with Gasteiger partial charge in [-0.15, -0.1) is 0 Å². The molecule has 1 rings (SSSR count). The molecule has 0 aliphatic carbocycles. The molecule has 0 aromatic heterocycles. The molecule has 1 unspecified atom stereocenters. The van der Waals surface area contributed by atoms with Crippen LogP contribution in [0.1, 0.15) is 0 Å². The zero-order chi connectivity index (χ0) is 8.27. The number of hydrogen-bond acceptors (Lipinski definition) is 5. The first-order valence-electron chi connectivity index (χ1n) is 2.94. The van der Waals surface area contributed by atoms with Crippen LogP contribution in [0.5, 0.6) is 0 Å². The second kappa shape index (κ2) is 3.09. The quantitative estimate of drug-likeness (QED) is 0.557. The van der Waals surface area contributed by atoms with Crippen molar-refractivity contribution in [1.82, 2.24) is 0 Å². The molecule has 0 bridgehead atoms. The maximum Gasteiger partial charge on any atom is 0.508 e. The normalized spacial score (nSPS) is 22.2. The molecule has 1 atom stereocenters. The van der Waals surface area contributed by atoms with E-state index < -0.39 is 18.4 Å². The third kappa shape index (κ3) is 2.32. The van der Waals surface area contributed by atoms with E-state index in [1.54, 1.807) is 0 Å². The lowest BCUT2D eigenvalue weighted by atomic mass is 10.4. The number of cyclic esters (lactones) is 2. The Morgan fingerprint density at radius 1 is 1.82 bits per heavy atom. The molecule has 1 saturated heterocycles. The van der Waals surface area contributed by atoms with Crippen LogP contribution in [-0.2, 0) is 14.2 Å². The van der Waals surface area contributed by atoms with Gasteiger partial charge >= 0.3 is 12.2 Å². The highest BCUT2D eigenvalue weighted by Crippen LogP contribution is 2.05. The van der Waals surface area contributed by atoms with Crippen molar-refractivity contribution in [3.8, 4) is 0 Å². The molecule has 6 heteroatoms. The molecule has 1 fully saturated rings. The fourth-order valence-electron chi connectivity index (χ4n) is 0.622. The predicted molar refractivity (Wildman–Crippen MR) is 31.8 cm³/mol. The third-order valence-electron chi connectivity index (χ3n) is 1.06. The summed E-state index contributed by atoms with van der Waals surface area (Å²) in [6.07, 6.45) is -2.16. The van der Waals surface area contributed by atoms with Crippen LogP contribution in [0.25, 0.3) is 0 Å². The number of carbonyl (C=O) groups excluding carboxylic acids is 2. The molecule has 1 amide bonds. The van der Waals surface area contributed by atoms with Crippen LogP contribution in [0, 0.1) is 0 Å². The Balaban J connectivity index is 2.18. The SMILES string of the molecule is NC(=O)OCC1COC(=O)O1. The van der Waals surface area contributed by atoms with Crippen LogP contribution in [0.3, 0.4) is 0 Å². The first kappa shape index (κ1) is 7.64. The van der Waals surface area contributed by atoms with Gasteiger partial charge in [0.2, 0.25) is 0 Å². The molecule has 0 spiro atoms. The van der Waals surface area contributed by atoms with Gasteiger partial charge in [0, 0.05) is 0 Å². The Morgan fingerprint density at radius 2 is 2.55 bits per heavy atom. The van der Waals surface area contributed by atoms with Crippen molar-refractivity contribution < 1.29 is 23.8 Å². The second-order valence-corrected chi connectivity index (χ2v) is 1.93. The Morgan fingerprint density at radius 3 is 3.00 bits per heavy atom. The summed E-state index contributed by atoms with van der Waals surface area (Å²) in [4.78, 5) is 20.3. The van der Waals surface area contributed by atoms with Crippen LogP contribution >= 0.6 is 0 Å². The fraction of sp³-hybridized carbons (Fsp3) is 0.600. The zero-order valence-electron chi connectivity index (χ0n) is 5.61. The lowest BCUT2D eigenvalue weighted by molar-refractivity contribution is 0.0766. The summed E-state index contributed by atoms with van der Waals surface area (Å²) >= 11 is 0. The van der Waals surface area contributed by atoms with Gasteiger partial charge in [-0.1, -0.05) is 0 Å². The minimum absolute atomic E-state index is 0.0545. The molecule has 6 nitrogen and oxygen atoms in total. The lowest BCUT2D eigenvalue weighted by Gasteiger charge is -2.04. The van der Waals surface area contributed by atoms with Crippen molar-refractivity contribution in [3.05, 3.63) is 0 Å². The van der Waals surface area contributed by atoms with Crippen molar-refractivity contribution in [2.75, 3.05) is 13.2 Å². The number of amides is 1. The summed E-state index contributed by atoms with van der Waals surface area (Å²) in [6.45, 7) is 0.0488. The monoisotopic (exact) mass is 161 g/mol. The van der Waals surface area contributed by atoms with Crippen molar-refractivity contribution in [1.29, 1.82) is 0 Å². The Labute approximate surface area is 62.2 Å². The first-order valence-corrected chi connectivity index (χ1v) is 2.94. The number of nitrogens with two attached hydrogens (primary N) is 1. The van der Waals surface area contributed by atoms with Crippen LogP contribution < -0.4 is 5.73 Å². The van der Waals surface area contributed by atoms with Crippen LogP contribution in [0.15, 0.2) is 0 Å². The van der Waals surface area contributed by atoms with Gasteiger partial charge in [-0.05, 0) is 0 Å². The molecule has 11 heavy (non-hydrogen) atoms. The Hall–Kier alpha value is -1.46. The molecule has 2 N–H and O–H groups in total. The number of rotatable bonds is 2. The van der Waals surface area contributed by atoms with Gasteiger partial charge in [0.1, 0.15) is 13.2 Å². The maximum absolute atomic E-state index is 10.3.